The summed E-state index contributed by atoms with van der Waals surface area (Å²) >= 11 is 3.20. The van der Waals surface area contributed by atoms with Gasteiger partial charge in [0.25, 0.3) is 5.91 Å². The summed E-state index contributed by atoms with van der Waals surface area (Å²) in [6.45, 7) is 4.05. The Balaban J connectivity index is 1.97. The van der Waals surface area contributed by atoms with Crippen molar-refractivity contribution in [2.45, 2.75) is 50.4 Å². The fourth-order valence-corrected chi connectivity index (χ4v) is 4.07. The minimum absolute atomic E-state index is 0.0939. The van der Waals surface area contributed by atoms with Crippen molar-refractivity contribution in [3.05, 3.63) is 4.88 Å². The van der Waals surface area contributed by atoms with Gasteiger partial charge in [-0.3, -0.25) is 4.79 Å². The highest BCUT2D eigenvalue weighted by molar-refractivity contribution is 7.99. The van der Waals surface area contributed by atoms with Crippen molar-refractivity contribution in [2.75, 3.05) is 17.3 Å². The van der Waals surface area contributed by atoms with Crippen molar-refractivity contribution in [3.63, 3.8) is 0 Å². The van der Waals surface area contributed by atoms with Crippen LogP contribution in [0.2, 0.25) is 0 Å². The van der Waals surface area contributed by atoms with Gasteiger partial charge in [0.15, 0.2) is 5.13 Å². The van der Waals surface area contributed by atoms with E-state index >= 15 is 0 Å². The molecule has 1 aliphatic carbocycles. The molecule has 4 N–H and O–H groups in total. The molecule has 1 amide bonds. The summed E-state index contributed by atoms with van der Waals surface area (Å²) in [4.78, 5) is 17.0. The van der Waals surface area contributed by atoms with Crippen LogP contribution >= 0.6 is 23.1 Å². The number of nitrogens with one attached hydrogen (secondary N) is 2. The Morgan fingerprint density at radius 3 is 2.85 bits per heavy atom. The summed E-state index contributed by atoms with van der Waals surface area (Å²) in [5.41, 5.74) is 5.84. The van der Waals surface area contributed by atoms with E-state index in [2.05, 4.69) is 21.9 Å². The van der Waals surface area contributed by atoms with Gasteiger partial charge in [0.05, 0.1) is 0 Å². The van der Waals surface area contributed by atoms with Gasteiger partial charge in [-0.2, -0.15) is 11.8 Å². The molecule has 1 aromatic rings. The van der Waals surface area contributed by atoms with Gasteiger partial charge in [-0.1, -0.05) is 11.3 Å². The molecule has 0 saturated heterocycles. The molecule has 20 heavy (non-hydrogen) atoms. The fourth-order valence-electron chi connectivity index (χ4n) is 2.34. The van der Waals surface area contributed by atoms with Crippen molar-refractivity contribution in [2.24, 2.45) is 0 Å². The Hall–Kier alpha value is -0.950. The van der Waals surface area contributed by atoms with E-state index in [0.717, 1.165) is 12.8 Å². The number of nitrogen functional groups attached to an aromatic ring is 1. The molecule has 0 bridgehead atoms. The average molecular weight is 314 g/mol. The number of thioether (sulfide) groups is 1. The third kappa shape index (κ3) is 3.79. The van der Waals surface area contributed by atoms with Gasteiger partial charge < -0.3 is 16.4 Å². The van der Waals surface area contributed by atoms with Gasteiger partial charge >= 0.3 is 0 Å². The fraction of sp³-hybridized carbons (Fsp3) is 0.692. The zero-order valence-corrected chi connectivity index (χ0v) is 13.7. The Kier molecular flexibility index (Phi) is 5.15. The van der Waals surface area contributed by atoms with Gasteiger partial charge in [-0.25, -0.2) is 4.98 Å². The minimum Gasteiger partial charge on any atom is -0.382 e. The minimum atomic E-state index is -0.0939. The van der Waals surface area contributed by atoms with Gasteiger partial charge in [-0.05, 0) is 39.4 Å². The molecule has 1 saturated carbocycles. The van der Waals surface area contributed by atoms with E-state index < -0.39 is 0 Å². The van der Waals surface area contributed by atoms with Crippen LogP contribution in [0, 0.1) is 0 Å². The Morgan fingerprint density at radius 2 is 2.25 bits per heavy atom. The lowest BCUT2D eigenvalue weighted by Crippen LogP contribution is -2.33. The quantitative estimate of drug-likeness (QED) is 0.778. The lowest BCUT2D eigenvalue weighted by atomic mass is 10.2. The largest absolute Gasteiger partial charge is 0.382 e. The Morgan fingerprint density at radius 1 is 1.50 bits per heavy atom. The summed E-state index contributed by atoms with van der Waals surface area (Å²) in [5, 5.41) is 7.62. The third-order valence-electron chi connectivity index (χ3n) is 3.32. The lowest BCUT2D eigenvalue weighted by molar-refractivity contribution is 0.0943. The molecule has 7 heteroatoms. The van der Waals surface area contributed by atoms with E-state index in [1.807, 2.05) is 25.6 Å². The number of nitrogens with two attached hydrogens (primary N) is 1. The van der Waals surface area contributed by atoms with Crippen molar-refractivity contribution in [1.82, 2.24) is 10.3 Å². The summed E-state index contributed by atoms with van der Waals surface area (Å²) in [6, 6.07) is 0.539. The highest BCUT2D eigenvalue weighted by Crippen LogP contribution is 2.30. The monoisotopic (exact) mass is 314 g/mol. The molecule has 2 rings (SSSR count). The molecule has 1 aromatic heterocycles. The molecule has 1 heterocycles. The second-order valence-electron chi connectivity index (χ2n) is 5.37. The van der Waals surface area contributed by atoms with Crippen LogP contribution in [-0.2, 0) is 0 Å². The number of carbonyl (C=O) groups is 1. The molecule has 0 radical (unpaired) electrons. The molecule has 112 valence electrons. The van der Waals surface area contributed by atoms with E-state index in [1.165, 1.54) is 17.8 Å². The molecule has 2 unspecified atom stereocenters. The zero-order chi connectivity index (χ0) is 14.7. The third-order valence-corrected chi connectivity index (χ3v) is 5.42. The maximum absolute atomic E-state index is 12.3. The van der Waals surface area contributed by atoms with E-state index in [9.17, 15) is 4.79 Å². The Bertz CT molecular complexity index is 475. The van der Waals surface area contributed by atoms with Crippen LogP contribution in [0.15, 0.2) is 0 Å². The molecule has 0 spiro atoms. The van der Waals surface area contributed by atoms with Crippen LogP contribution in [0.4, 0.5) is 10.9 Å². The van der Waals surface area contributed by atoms with Gasteiger partial charge in [0, 0.05) is 17.3 Å². The van der Waals surface area contributed by atoms with Gasteiger partial charge in [0.2, 0.25) is 0 Å². The summed E-state index contributed by atoms with van der Waals surface area (Å²) < 4.78 is 0. The second kappa shape index (κ2) is 6.67. The number of carbonyl (C=O) groups excluding carboxylic acids is 1. The lowest BCUT2D eigenvalue weighted by Gasteiger charge is -2.11. The second-order valence-corrected chi connectivity index (χ2v) is 7.51. The van der Waals surface area contributed by atoms with Crippen LogP contribution in [0.1, 0.15) is 42.8 Å². The highest BCUT2D eigenvalue weighted by atomic mass is 32.2. The first kappa shape index (κ1) is 15.4. The number of rotatable bonds is 5. The van der Waals surface area contributed by atoms with Crippen molar-refractivity contribution in [3.8, 4) is 0 Å². The number of nitrogens with zero attached hydrogens (tertiary/aromatic N) is 1. The van der Waals surface area contributed by atoms with E-state index in [1.54, 1.807) is 0 Å². The molecular formula is C13H22N4OS2. The normalized spacial score (nSPS) is 22.2. The van der Waals surface area contributed by atoms with Crippen LogP contribution in [0.3, 0.4) is 0 Å². The summed E-state index contributed by atoms with van der Waals surface area (Å²) in [5.74, 6) is 0.221. The predicted molar refractivity (Wildman–Crippen MR) is 87.7 cm³/mol. The van der Waals surface area contributed by atoms with E-state index in [0.29, 0.717) is 21.1 Å². The highest BCUT2D eigenvalue weighted by Gasteiger charge is 2.27. The van der Waals surface area contributed by atoms with Gasteiger partial charge in [-0.15, -0.1) is 0 Å². The zero-order valence-electron chi connectivity index (χ0n) is 12.1. The van der Waals surface area contributed by atoms with Crippen LogP contribution in [0.5, 0.6) is 0 Å². The summed E-state index contributed by atoms with van der Waals surface area (Å²) in [6.07, 6.45) is 5.39. The van der Waals surface area contributed by atoms with Crippen molar-refractivity contribution >= 4 is 40.0 Å². The first-order valence-electron chi connectivity index (χ1n) is 6.86. The van der Waals surface area contributed by atoms with Gasteiger partial charge in [0.1, 0.15) is 10.7 Å². The first-order chi connectivity index (χ1) is 9.49. The number of amides is 1. The molecule has 0 aliphatic heterocycles. The smallest absolute Gasteiger partial charge is 0.265 e. The SMILES string of the molecule is CSC1CCC(NC(=O)c2sc(NC(C)C)nc2N)C1. The molecule has 1 aliphatic rings. The number of thiazole rings is 1. The number of hydrogen-bond acceptors (Lipinski definition) is 6. The maximum atomic E-state index is 12.3. The van der Waals surface area contributed by atoms with Crippen LogP contribution in [-0.4, -0.2) is 34.5 Å². The van der Waals surface area contributed by atoms with Crippen LogP contribution < -0.4 is 16.4 Å². The number of hydrogen-bond donors (Lipinski definition) is 3. The predicted octanol–water partition coefficient (Wildman–Crippen LogP) is 2.56. The van der Waals surface area contributed by atoms with Crippen molar-refractivity contribution in [1.29, 1.82) is 0 Å². The number of aromatic nitrogens is 1. The van der Waals surface area contributed by atoms with Crippen LogP contribution in [0.25, 0.3) is 0 Å². The molecule has 2 atom stereocenters. The topological polar surface area (TPSA) is 80.0 Å². The van der Waals surface area contributed by atoms with E-state index in [-0.39, 0.29) is 18.0 Å². The summed E-state index contributed by atoms with van der Waals surface area (Å²) in [7, 11) is 0. The van der Waals surface area contributed by atoms with Crippen molar-refractivity contribution < 1.29 is 4.79 Å². The molecule has 1 fully saturated rings. The molecular weight excluding hydrogens is 292 g/mol. The maximum Gasteiger partial charge on any atom is 0.265 e. The van der Waals surface area contributed by atoms with E-state index in [4.69, 9.17) is 5.73 Å². The molecule has 5 nitrogen and oxygen atoms in total. The Labute approximate surface area is 128 Å². The first-order valence-corrected chi connectivity index (χ1v) is 8.96. The average Bonchev–Trinajstić information content (AvgIpc) is 2.95. The standard InChI is InChI=1S/C13H22N4OS2/c1-7(2)15-13-17-11(14)10(20-13)12(18)16-8-4-5-9(6-8)19-3/h7-9H,4-6,14H2,1-3H3,(H,15,17)(H,16,18). The number of anilines is 2. The molecule has 0 aromatic carbocycles.